The fourth-order valence-corrected chi connectivity index (χ4v) is 3.96. The van der Waals surface area contributed by atoms with Crippen LogP contribution in [0.3, 0.4) is 0 Å². The number of alkyl halides is 3. The second kappa shape index (κ2) is 10.3. The van der Waals surface area contributed by atoms with Gasteiger partial charge < -0.3 is 15.0 Å². The van der Waals surface area contributed by atoms with Crippen molar-refractivity contribution in [1.82, 2.24) is 20.6 Å². The lowest BCUT2D eigenvalue weighted by molar-refractivity contribution is -0.158. The predicted molar refractivity (Wildman–Crippen MR) is 125 cm³/mol. The van der Waals surface area contributed by atoms with E-state index in [4.69, 9.17) is 4.74 Å². The van der Waals surface area contributed by atoms with E-state index in [1.807, 2.05) is 0 Å². The van der Waals surface area contributed by atoms with Gasteiger partial charge in [-0.2, -0.15) is 18.4 Å². The molecular weight excluding hydrogens is 480 g/mol. The van der Waals surface area contributed by atoms with Crippen molar-refractivity contribution in [1.29, 1.82) is 0 Å². The molecule has 12 heteroatoms. The van der Waals surface area contributed by atoms with Gasteiger partial charge in [0.1, 0.15) is 11.6 Å². The number of anilines is 2. The summed E-state index contributed by atoms with van der Waals surface area (Å²) in [7, 11) is 0. The Balaban J connectivity index is 1.64. The zero-order chi connectivity index (χ0) is 25.9. The molecule has 1 aliphatic rings. The molecule has 0 bridgehead atoms. The van der Waals surface area contributed by atoms with E-state index in [2.05, 4.69) is 25.9 Å². The van der Waals surface area contributed by atoms with Crippen LogP contribution in [-0.4, -0.2) is 51.9 Å². The Kier molecular flexibility index (Phi) is 7.22. The Hall–Kier alpha value is -3.96. The average Bonchev–Trinajstić information content (AvgIpc) is 3.35. The molecule has 3 aromatic rings. The molecule has 190 valence electrons. The first-order valence-electron chi connectivity index (χ1n) is 11.2. The van der Waals surface area contributed by atoms with Crippen molar-refractivity contribution in [3.8, 4) is 17.1 Å². The average molecular weight is 504 g/mol. The number of para-hydroxylation sites is 1. The molecule has 0 spiro atoms. The third kappa shape index (κ3) is 5.99. The van der Waals surface area contributed by atoms with Crippen LogP contribution in [0.25, 0.3) is 11.4 Å². The number of aryl methyl sites for hydroxylation is 2. The van der Waals surface area contributed by atoms with Gasteiger partial charge in [-0.1, -0.05) is 18.2 Å². The van der Waals surface area contributed by atoms with Gasteiger partial charge in [-0.3, -0.25) is 4.79 Å². The van der Waals surface area contributed by atoms with Gasteiger partial charge in [-0.25, -0.2) is 4.39 Å². The molecule has 2 N–H and O–H groups in total. The Bertz CT molecular complexity index is 1240. The quantitative estimate of drug-likeness (QED) is 0.445. The molecule has 1 amide bonds. The Labute approximate surface area is 204 Å². The van der Waals surface area contributed by atoms with E-state index in [9.17, 15) is 22.4 Å². The minimum Gasteiger partial charge on any atom is -0.480 e. The van der Waals surface area contributed by atoms with E-state index in [1.165, 1.54) is 12.1 Å². The largest absolute Gasteiger partial charge is 0.480 e. The van der Waals surface area contributed by atoms with Crippen LogP contribution in [0.1, 0.15) is 24.0 Å². The lowest BCUT2D eigenvalue weighted by atomic mass is 10.1. The van der Waals surface area contributed by atoms with Crippen molar-refractivity contribution >= 4 is 17.3 Å². The molecule has 1 aliphatic heterocycles. The van der Waals surface area contributed by atoms with Crippen molar-refractivity contribution in [2.75, 3.05) is 23.3 Å². The molecule has 4 rings (SSSR count). The summed E-state index contributed by atoms with van der Waals surface area (Å²) in [6.45, 7) is 4.03. The topological polar surface area (TPSA) is 96.0 Å². The number of hydrogen-bond donors (Lipinski definition) is 2. The lowest BCUT2D eigenvalue weighted by Gasteiger charge is -2.27. The standard InChI is InChI=1S/C24H24F4N6O2/c1-14-5-3-6-15(2)21(14)36-20(12-24(26,27)28)23(35)29-19-9-8-17(34-10-4-7-16(25)13-34)11-18(19)22-30-32-33-31-22/h3,5-9,11,20H,4,10,12-13H2,1-2H3,(H,29,35)(H,30,31,32,33)/t20-/m0/s1. The third-order valence-electron chi connectivity index (χ3n) is 5.70. The highest BCUT2D eigenvalue weighted by molar-refractivity contribution is 5.98. The second-order valence-electron chi connectivity index (χ2n) is 8.46. The summed E-state index contributed by atoms with van der Waals surface area (Å²) in [4.78, 5) is 14.9. The van der Waals surface area contributed by atoms with E-state index >= 15 is 0 Å². The minimum atomic E-state index is -4.65. The fourth-order valence-electron chi connectivity index (χ4n) is 3.96. The molecule has 2 heterocycles. The van der Waals surface area contributed by atoms with Gasteiger partial charge in [0.05, 0.1) is 18.7 Å². The third-order valence-corrected chi connectivity index (χ3v) is 5.70. The van der Waals surface area contributed by atoms with Gasteiger partial charge in [0.25, 0.3) is 5.91 Å². The zero-order valence-corrected chi connectivity index (χ0v) is 19.6. The number of hydrogen-bond acceptors (Lipinski definition) is 6. The summed E-state index contributed by atoms with van der Waals surface area (Å²) in [5.74, 6) is -0.920. The second-order valence-corrected chi connectivity index (χ2v) is 8.46. The number of H-pyrrole nitrogens is 1. The molecule has 8 nitrogen and oxygen atoms in total. The molecule has 36 heavy (non-hydrogen) atoms. The molecule has 0 saturated heterocycles. The van der Waals surface area contributed by atoms with Gasteiger partial charge >= 0.3 is 6.18 Å². The summed E-state index contributed by atoms with van der Waals surface area (Å²) >= 11 is 0. The summed E-state index contributed by atoms with van der Waals surface area (Å²) < 4.78 is 59.5. The van der Waals surface area contributed by atoms with Gasteiger partial charge in [0.15, 0.2) is 6.10 Å². The van der Waals surface area contributed by atoms with Crippen molar-refractivity contribution < 1.29 is 27.1 Å². The van der Waals surface area contributed by atoms with Crippen LogP contribution < -0.4 is 15.0 Å². The first kappa shape index (κ1) is 25.1. The normalized spacial score (nSPS) is 14.8. The zero-order valence-electron chi connectivity index (χ0n) is 19.6. The monoisotopic (exact) mass is 504 g/mol. The van der Waals surface area contributed by atoms with Gasteiger partial charge in [0.2, 0.25) is 5.82 Å². The number of carbonyl (C=O) groups is 1. The van der Waals surface area contributed by atoms with Crippen LogP contribution >= 0.6 is 0 Å². The molecule has 0 aliphatic carbocycles. The maximum Gasteiger partial charge on any atom is 0.393 e. The van der Waals surface area contributed by atoms with Crippen LogP contribution in [0.5, 0.6) is 5.75 Å². The minimum absolute atomic E-state index is 0.0780. The van der Waals surface area contributed by atoms with E-state index in [-0.39, 0.29) is 29.6 Å². The SMILES string of the molecule is Cc1cccc(C)c1O[C@@H](CC(F)(F)F)C(=O)Nc1ccc(N2CCC=C(F)C2)cc1-c1nn[nH]n1. The first-order valence-corrected chi connectivity index (χ1v) is 11.2. The summed E-state index contributed by atoms with van der Waals surface area (Å²) in [6, 6.07) is 9.91. The lowest BCUT2D eigenvalue weighted by Crippen LogP contribution is -2.37. The summed E-state index contributed by atoms with van der Waals surface area (Å²) in [5.41, 5.74) is 2.32. The molecule has 0 fully saturated rings. The smallest absolute Gasteiger partial charge is 0.393 e. The van der Waals surface area contributed by atoms with Gasteiger partial charge in [0, 0.05) is 17.8 Å². The number of nitrogens with zero attached hydrogens (tertiary/aromatic N) is 4. The molecular formula is C24H24F4N6O2. The van der Waals surface area contributed by atoms with E-state index in [0.29, 0.717) is 35.3 Å². The summed E-state index contributed by atoms with van der Waals surface area (Å²) in [5, 5.41) is 16.2. The van der Waals surface area contributed by atoms with Gasteiger partial charge in [-0.05, 0) is 60.9 Å². The number of aromatic amines is 1. The number of tetrazole rings is 1. The van der Waals surface area contributed by atoms with Crippen LogP contribution in [0, 0.1) is 13.8 Å². The number of rotatable bonds is 7. The van der Waals surface area contributed by atoms with Crippen molar-refractivity contribution in [3.05, 3.63) is 59.4 Å². The Morgan fingerprint density at radius 2 is 1.97 bits per heavy atom. The highest BCUT2D eigenvalue weighted by Crippen LogP contribution is 2.33. The number of amides is 1. The molecule has 1 atom stereocenters. The van der Waals surface area contributed by atoms with Crippen LogP contribution in [0.4, 0.5) is 28.9 Å². The summed E-state index contributed by atoms with van der Waals surface area (Å²) in [6.07, 6.45) is -5.94. The molecule has 0 unspecified atom stereocenters. The molecule has 0 radical (unpaired) electrons. The number of ether oxygens (including phenoxy) is 1. The van der Waals surface area contributed by atoms with E-state index in [1.54, 1.807) is 49.1 Å². The first-order chi connectivity index (χ1) is 17.1. The molecule has 1 aromatic heterocycles. The number of benzene rings is 2. The van der Waals surface area contributed by atoms with Crippen LogP contribution in [0.15, 0.2) is 48.3 Å². The maximum absolute atomic E-state index is 13.8. The fraction of sp³-hybridized carbons (Fsp3) is 0.333. The van der Waals surface area contributed by atoms with Crippen molar-refractivity contribution in [2.45, 2.75) is 39.0 Å². The van der Waals surface area contributed by atoms with Crippen LogP contribution in [0.2, 0.25) is 0 Å². The van der Waals surface area contributed by atoms with Crippen LogP contribution in [-0.2, 0) is 4.79 Å². The highest BCUT2D eigenvalue weighted by atomic mass is 19.4. The number of aromatic nitrogens is 4. The van der Waals surface area contributed by atoms with Crippen molar-refractivity contribution in [2.24, 2.45) is 0 Å². The van der Waals surface area contributed by atoms with Gasteiger partial charge in [-0.15, -0.1) is 10.2 Å². The Morgan fingerprint density at radius 3 is 2.61 bits per heavy atom. The van der Waals surface area contributed by atoms with E-state index in [0.717, 1.165) is 0 Å². The maximum atomic E-state index is 13.8. The number of halogens is 4. The Morgan fingerprint density at radius 1 is 1.22 bits per heavy atom. The number of carbonyl (C=O) groups excluding carboxylic acids is 1. The molecule has 2 aromatic carbocycles. The molecule has 0 saturated carbocycles. The highest BCUT2D eigenvalue weighted by Gasteiger charge is 2.37. The van der Waals surface area contributed by atoms with Crippen molar-refractivity contribution in [3.63, 3.8) is 0 Å². The van der Waals surface area contributed by atoms with E-state index < -0.39 is 24.6 Å². The number of nitrogens with one attached hydrogen (secondary N) is 2. The predicted octanol–water partition coefficient (Wildman–Crippen LogP) is 4.89.